The van der Waals surface area contributed by atoms with E-state index in [-0.39, 0.29) is 11.9 Å². The van der Waals surface area contributed by atoms with Gasteiger partial charge in [-0.1, -0.05) is 13.8 Å². The lowest BCUT2D eigenvalue weighted by Crippen LogP contribution is -2.62. The van der Waals surface area contributed by atoms with Crippen molar-refractivity contribution in [1.29, 1.82) is 0 Å². The van der Waals surface area contributed by atoms with E-state index < -0.39 is 0 Å². The quantitative estimate of drug-likeness (QED) is 0.547. The van der Waals surface area contributed by atoms with Crippen molar-refractivity contribution < 1.29 is 14.6 Å². The van der Waals surface area contributed by atoms with E-state index in [9.17, 15) is 5.11 Å². The summed E-state index contributed by atoms with van der Waals surface area (Å²) in [6.07, 6.45) is 10.1. The van der Waals surface area contributed by atoms with Gasteiger partial charge in [0.15, 0.2) is 5.79 Å². The van der Waals surface area contributed by atoms with Gasteiger partial charge < -0.3 is 14.6 Å². The van der Waals surface area contributed by atoms with Gasteiger partial charge in [-0.05, 0) is 107 Å². The third-order valence-electron chi connectivity index (χ3n) is 12.1. The van der Waals surface area contributed by atoms with Crippen LogP contribution in [0.5, 0.6) is 0 Å². The monoisotopic (exact) mass is 491 g/mol. The molecule has 4 nitrogen and oxygen atoms in total. The molecule has 0 spiro atoms. The maximum atomic E-state index is 11.3. The smallest absolute Gasteiger partial charge is 0.169 e. The number of fused-ring (bicyclic) bond motifs is 5. The van der Waals surface area contributed by atoms with Gasteiger partial charge in [0.2, 0.25) is 0 Å². The second-order valence-electron chi connectivity index (χ2n) is 14.2. The van der Waals surface area contributed by atoms with Crippen LogP contribution in [0, 0.1) is 40.4 Å². The van der Waals surface area contributed by atoms with Crippen LogP contribution < -0.4 is 0 Å². The number of hydrogen-bond donors (Lipinski definition) is 1. The van der Waals surface area contributed by atoms with Crippen molar-refractivity contribution >= 4 is 11.8 Å². The van der Waals surface area contributed by atoms with Gasteiger partial charge in [0.25, 0.3) is 0 Å². The molecule has 0 unspecified atom stereocenters. The van der Waals surface area contributed by atoms with Crippen molar-refractivity contribution in [3.05, 3.63) is 0 Å². The predicted molar refractivity (Wildman–Crippen MR) is 139 cm³/mol. The maximum Gasteiger partial charge on any atom is 0.169 e. The highest BCUT2D eigenvalue weighted by atomic mass is 32.2. The summed E-state index contributed by atoms with van der Waals surface area (Å²) in [5, 5.41) is 11.3. The molecule has 0 amide bonds. The molecule has 4 aliphatic carbocycles. The van der Waals surface area contributed by atoms with Gasteiger partial charge in [-0.25, -0.2) is 0 Å². The number of hydrogen-bond acceptors (Lipinski definition) is 5. The Kier molecular flexibility index (Phi) is 6.02. The van der Waals surface area contributed by atoms with E-state index in [2.05, 4.69) is 51.3 Å². The van der Waals surface area contributed by atoms with Gasteiger partial charge in [0.1, 0.15) is 0 Å². The summed E-state index contributed by atoms with van der Waals surface area (Å²) in [6.45, 7) is 16.0. The van der Waals surface area contributed by atoms with E-state index in [1.165, 1.54) is 50.7 Å². The van der Waals surface area contributed by atoms with Crippen LogP contribution in [-0.4, -0.2) is 64.7 Å². The van der Waals surface area contributed by atoms with E-state index in [1.54, 1.807) is 0 Å². The van der Waals surface area contributed by atoms with Crippen molar-refractivity contribution in [3.63, 3.8) is 0 Å². The van der Waals surface area contributed by atoms with E-state index in [1.807, 2.05) is 0 Å². The van der Waals surface area contributed by atoms with E-state index in [0.717, 1.165) is 50.5 Å². The molecule has 2 aliphatic heterocycles. The van der Waals surface area contributed by atoms with Crippen LogP contribution >= 0.6 is 11.8 Å². The molecule has 34 heavy (non-hydrogen) atoms. The van der Waals surface area contributed by atoms with E-state index >= 15 is 0 Å². The highest BCUT2D eigenvalue weighted by Crippen LogP contribution is 2.69. The fourth-order valence-corrected chi connectivity index (χ4v) is 11.7. The molecule has 1 N–H and O–H groups in total. The molecule has 6 fully saturated rings. The van der Waals surface area contributed by atoms with Crippen LogP contribution in [0.1, 0.15) is 86.0 Å². The first kappa shape index (κ1) is 24.5. The van der Waals surface area contributed by atoms with Gasteiger partial charge in [-0.2, -0.15) is 11.8 Å². The first-order valence-electron chi connectivity index (χ1n) is 14.4. The molecule has 2 saturated heterocycles. The average Bonchev–Trinajstić information content (AvgIpc) is 3.37. The largest absolute Gasteiger partial charge is 0.391 e. The second kappa shape index (κ2) is 8.35. The Balaban J connectivity index is 1.24. The molecule has 5 heteroatoms. The minimum Gasteiger partial charge on any atom is -0.391 e. The van der Waals surface area contributed by atoms with Gasteiger partial charge in [-0.15, -0.1) is 0 Å². The van der Waals surface area contributed by atoms with Crippen LogP contribution in [0.4, 0.5) is 0 Å². The van der Waals surface area contributed by atoms with Crippen molar-refractivity contribution in [3.8, 4) is 0 Å². The van der Waals surface area contributed by atoms with Gasteiger partial charge in [0, 0.05) is 35.5 Å². The summed E-state index contributed by atoms with van der Waals surface area (Å²) in [6, 6.07) is 0.351. The highest BCUT2D eigenvalue weighted by molar-refractivity contribution is 8.00. The van der Waals surface area contributed by atoms with E-state index in [4.69, 9.17) is 9.47 Å². The molecular formula is C29H49NO3S. The fourth-order valence-electron chi connectivity index (χ4n) is 10.6. The van der Waals surface area contributed by atoms with Crippen LogP contribution in [0.15, 0.2) is 0 Å². The fraction of sp³-hybridized carbons (Fsp3) is 1.00. The molecule has 6 aliphatic rings. The van der Waals surface area contributed by atoms with Gasteiger partial charge >= 0.3 is 0 Å². The van der Waals surface area contributed by atoms with Crippen molar-refractivity contribution in [2.24, 2.45) is 40.4 Å². The first-order chi connectivity index (χ1) is 16.1. The Morgan fingerprint density at radius 2 is 1.62 bits per heavy atom. The molecule has 0 aromatic carbocycles. The topological polar surface area (TPSA) is 41.9 Å². The molecular weight excluding hydrogens is 442 g/mol. The third-order valence-corrected chi connectivity index (χ3v) is 13.4. The Morgan fingerprint density at radius 1 is 0.882 bits per heavy atom. The third kappa shape index (κ3) is 3.68. The minimum atomic E-state index is -0.365. The first-order valence-corrected chi connectivity index (χ1v) is 15.4. The summed E-state index contributed by atoms with van der Waals surface area (Å²) < 4.78 is 12.8. The summed E-state index contributed by atoms with van der Waals surface area (Å²) in [5.74, 6) is 4.56. The average molecular weight is 492 g/mol. The molecule has 0 bridgehead atoms. The lowest BCUT2D eigenvalue weighted by Gasteiger charge is -2.63. The van der Waals surface area contributed by atoms with Gasteiger partial charge in [0.05, 0.1) is 19.3 Å². The number of aliphatic hydroxyl groups excluding tert-OH is 1. The Bertz CT molecular complexity index is 783. The van der Waals surface area contributed by atoms with Crippen molar-refractivity contribution in [2.75, 3.05) is 32.1 Å². The summed E-state index contributed by atoms with van der Waals surface area (Å²) in [5.41, 5.74) is 0.733. The zero-order valence-electron chi connectivity index (χ0n) is 22.4. The van der Waals surface area contributed by atoms with Gasteiger partial charge in [-0.3, -0.25) is 4.90 Å². The van der Waals surface area contributed by atoms with Crippen LogP contribution in [0.3, 0.4) is 0 Å². The number of nitrogens with zero attached hydrogens (tertiary/aromatic N) is 1. The molecule has 0 radical (unpaired) electrons. The minimum absolute atomic E-state index is 0.144. The van der Waals surface area contributed by atoms with Crippen molar-refractivity contribution in [1.82, 2.24) is 4.90 Å². The Morgan fingerprint density at radius 3 is 2.35 bits per heavy atom. The molecule has 4 saturated carbocycles. The lowest BCUT2D eigenvalue weighted by atomic mass is 9.44. The second-order valence-corrected chi connectivity index (χ2v) is 16.0. The van der Waals surface area contributed by atoms with E-state index in [0.29, 0.717) is 33.5 Å². The van der Waals surface area contributed by atoms with Crippen LogP contribution in [0.25, 0.3) is 0 Å². The molecule has 0 aromatic rings. The zero-order chi connectivity index (χ0) is 23.9. The number of aliphatic hydroxyl groups is 1. The number of thioether (sulfide) groups is 1. The lowest BCUT2D eigenvalue weighted by molar-refractivity contribution is -0.220. The molecule has 6 rings (SSSR count). The van der Waals surface area contributed by atoms with Crippen LogP contribution in [-0.2, 0) is 9.47 Å². The maximum absolute atomic E-state index is 11.3. The SMILES string of the molecule is CC1(C)CN([C@H]2C[C@@]3(C)[C@@H](CC[C@@H]4[C@@H]3CC[C@]3(C)[C@@H](C5(C)OCCO5)CC[C@@H]43)C[C@@H]2O)CCS1. The zero-order valence-corrected chi connectivity index (χ0v) is 23.2. The molecule has 2 heterocycles. The number of ether oxygens (including phenoxy) is 2. The summed E-state index contributed by atoms with van der Waals surface area (Å²) in [7, 11) is 0. The number of rotatable bonds is 2. The Hall–Kier alpha value is 0.190. The van der Waals surface area contributed by atoms with Crippen LogP contribution in [0.2, 0.25) is 0 Å². The summed E-state index contributed by atoms with van der Waals surface area (Å²) >= 11 is 2.11. The molecule has 194 valence electrons. The van der Waals surface area contributed by atoms with Crippen molar-refractivity contribution in [2.45, 2.75) is 109 Å². The molecule has 9 atom stereocenters. The molecule has 0 aromatic heterocycles. The summed E-state index contributed by atoms with van der Waals surface area (Å²) in [4.78, 5) is 2.68. The highest BCUT2D eigenvalue weighted by Gasteiger charge is 2.64. The Labute approximate surface area is 212 Å². The standard InChI is InChI=1S/C29H49NO3S/c1-26(2)18-30(12-15-34-26)23-17-28(4)19(16-24(23)31)6-7-20-21-8-9-25(29(5)32-13-14-33-29)27(21,3)11-10-22(20)28/h19-25,31H,6-18H2,1-5H3/t19-,20-,21-,22-,23-,24-,25-,27-,28-/m0/s1. The predicted octanol–water partition coefficient (Wildman–Crippen LogP) is 5.58. The normalized spacial score (nSPS) is 52.6.